The SMILES string of the molecule is CC(C)(C)NCC1CC12CCSCC2. The van der Waals surface area contributed by atoms with Gasteiger partial charge in [0.2, 0.25) is 0 Å². The second kappa shape index (κ2) is 3.71. The molecule has 1 unspecified atom stereocenters. The van der Waals surface area contributed by atoms with Gasteiger partial charge in [-0.1, -0.05) is 0 Å². The fourth-order valence-electron chi connectivity index (χ4n) is 2.54. The predicted octanol–water partition coefficient (Wildman–Crippen LogP) is 2.91. The van der Waals surface area contributed by atoms with E-state index in [1.165, 1.54) is 37.3 Å². The number of rotatable bonds is 2. The van der Waals surface area contributed by atoms with Crippen molar-refractivity contribution in [2.45, 2.75) is 45.6 Å². The van der Waals surface area contributed by atoms with Gasteiger partial charge >= 0.3 is 0 Å². The molecule has 0 aromatic carbocycles. The smallest absolute Gasteiger partial charge is 0.00966 e. The number of hydrogen-bond acceptors (Lipinski definition) is 2. The van der Waals surface area contributed by atoms with Crippen LogP contribution in [0.4, 0.5) is 0 Å². The molecule has 82 valence electrons. The molecular weight excluding hydrogens is 190 g/mol. The van der Waals surface area contributed by atoms with Gasteiger partial charge in [0, 0.05) is 5.54 Å². The molecule has 1 N–H and O–H groups in total. The fourth-order valence-corrected chi connectivity index (χ4v) is 3.85. The van der Waals surface area contributed by atoms with E-state index in [9.17, 15) is 0 Å². The van der Waals surface area contributed by atoms with Gasteiger partial charge < -0.3 is 5.32 Å². The summed E-state index contributed by atoms with van der Waals surface area (Å²) in [5.74, 6) is 3.81. The van der Waals surface area contributed by atoms with Crippen LogP contribution < -0.4 is 5.32 Å². The summed E-state index contributed by atoms with van der Waals surface area (Å²) in [6.07, 6.45) is 4.46. The minimum Gasteiger partial charge on any atom is -0.312 e. The van der Waals surface area contributed by atoms with Crippen LogP contribution in [0.1, 0.15) is 40.0 Å². The molecule has 1 aliphatic carbocycles. The summed E-state index contributed by atoms with van der Waals surface area (Å²) < 4.78 is 0. The van der Waals surface area contributed by atoms with Gasteiger partial charge in [-0.25, -0.2) is 0 Å². The van der Waals surface area contributed by atoms with Gasteiger partial charge in [0.1, 0.15) is 0 Å². The topological polar surface area (TPSA) is 12.0 Å². The van der Waals surface area contributed by atoms with E-state index in [2.05, 4.69) is 37.8 Å². The zero-order valence-electron chi connectivity index (χ0n) is 9.73. The highest BCUT2D eigenvalue weighted by molar-refractivity contribution is 7.99. The van der Waals surface area contributed by atoms with Gasteiger partial charge in [-0.2, -0.15) is 11.8 Å². The molecule has 1 nitrogen and oxygen atoms in total. The molecule has 0 bridgehead atoms. The molecule has 1 aliphatic heterocycles. The Bertz CT molecular complexity index is 201. The van der Waals surface area contributed by atoms with E-state index >= 15 is 0 Å². The van der Waals surface area contributed by atoms with E-state index in [1.807, 2.05) is 0 Å². The summed E-state index contributed by atoms with van der Waals surface area (Å²) in [6.45, 7) is 8.03. The highest BCUT2D eigenvalue weighted by Crippen LogP contribution is 2.60. The van der Waals surface area contributed by atoms with E-state index in [-0.39, 0.29) is 0 Å². The predicted molar refractivity (Wildman–Crippen MR) is 64.9 cm³/mol. The molecule has 2 heteroatoms. The van der Waals surface area contributed by atoms with E-state index in [1.54, 1.807) is 0 Å². The molecule has 0 radical (unpaired) electrons. The summed E-state index contributed by atoms with van der Waals surface area (Å²) in [7, 11) is 0. The first-order valence-corrected chi connectivity index (χ1v) is 7.00. The molecule has 1 spiro atoms. The van der Waals surface area contributed by atoms with Crippen LogP contribution in [-0.2, 0) is 0 Å². The van der Waals surface area contributed by atoms with Crippen molar-refractivity contribution in [3.05, 3.63) is 0 Å². The molecule has 0 aromatic rings. The average molecular weight is 213 g/mol. The van der Waals surface area contributed by atoms with Crippen molar-refractivity contribution in [1.82, 2.24) is 5.32 Å². The second-order valence-corrected chi connectivity index (χ2v) is 7.23. The minimum absolute atomic E-state index is 0.299. The summed E-state index contributed by atoms with van der Waals surface area (Å²) in [5.41, 5.74) is 1.08. The number of thioether (sulfide) groups is 1. The summed E-state index contributed by atoms with van der Waals surface area (Å²) in [5, 5.41) is 3.65. The molecule has 2 aliphatic rings. The van der Waals surface area contributed by atoms with Gasteiger partial charge in [-0.3, -0.25) is 0 Å². The first-order chi connectivity index (χ1) is 6.52. The lowest BCUT2D eigenvalue weighted by Crippen LogP contribution is -2.38. The van der Waals surface area contributed by atoms with Crippen LogP contribution in [0.25, 0.3) is 0 Å². The van der Waals surface area contributed by atoms with Crippen LogP contribution >= 0.6 is 11.8 Å². The normalized spacial score (nSPS) is 30.6. The largest absolute Gasteiger partial charge is 0.312 e. The molecule has 1 heterocycles. The Morgan fingerprint density at radius 1 is 1.29 bits per heavy atom. The van der Waals surface area contributed by atoms with Gasteiger partial charge in [-0.05, 0) is 69.4 Å². The summed E-state index contributed by atoms with van der Waals surface area (Å²) in [6, 6.07) is 0. The average Bonchev–Trinajstić information content (AvgIpc) is 2.76. The standard InChI is InChI=1S/C12H23NS/c1-11(2,3)13-9-10-8-12(10)4-6-14-7-5-12/h10,13H,4-9H2,1-3H3. The maximum absolute atomic E-state index is 3.65. The highest BCUT2D eigenvalue weighted by Gasteiger charge is 2.53. The van der Waals surface area contributed by atoms with Crippen molar-refractivity contribution in [2.75, 3.05) is 18.1 Å². The third-order valence-electron chi connectivity index (χ3n) is 3.73. The number of hydrogen-bond donors (Lipinski definition) is 1. The Kier molecular flexibility index (Phi) is 2.87. The first-order valence-electron chi connectivity index (χ1n) is 5.85. The Morgan fingerprint density at radius 2 is 1.93 bits per heavy atom. The maximum atomic E-state index is 3.65. The zero-order chi connectivity index (χ0) is 10.2. The fraction of sp³-hybridized carbons (Fsp3) is 1.00. The van der Waals surface area contributed by atoms with Crippen molar-refractivity contribution >= 4 is 11.8 Å². The van der Waals surface area contributed by atoms with Crippen LogP contribution in [0, 0.1) is 11.3 Å². The van der Waals surface area contributed by atoms with Gasteiger partial charge in [0.05, 0.1) is 0 Å². The van der Waals surface area contributed by atoms with E-state index < -0.39 is 0 Å². The van der Waals surface area contributed by atoms with Gasteiger partial charge in [0.15, 0.2) is 0 Å². The quantitative estimate of drug-likeness (QED) is 0.757. The van der Waals surface area contributed by atoms with Crippen molar-refractivity contribution < 1.29 is 0 Å². The molecule has 0 amide bonds. The van der Waals surface area contributed by atoms with Crippen molar-refractivity contribution in [2.24, 2.45) is 11.3 Å². The molecule has 1 saturated heterocycles. The Labute approximate surface area is 92.4 Å². The second-order valence-electron chi connectivity index (χ2n) is 6.01. The molecule has 14 heavy (non-hydrogen) atoms. The van der Waals surface area contributed by atoms with Crippen LogP contribution in [-0.4, -0.2) is 23.6 Å². The minimum atomic E-state index is 0.299. The van der Waals surface area contributed by atoms with Gasteiger partial charge in [0.25, 0.3) is 0 Å². The molecule has 0 aromatic heterocycles. The summed E-state index contributed by atoms with van der Waals surface area (Å²) >= 11 is 2.14. The third-order valence-corrected chi connectivity index (χ3v) is 4.71. The highest BCUT2D eigenvalue weighted by atomic mass is 32.2. The van der Waals surface area contributed by atoms with Crippen LogP contribution in [0.5, 0.6) is 0 Å². The monoisotopic (exact) mass is 213 g/mol. The van der Waals surface area contributed by atoms with Crippen LogP contribution in [0.3, 0.4) is 0 Å². The lowest BCUT2D eigenvalue weighted by molar-refractivity contribution is 0.363. The zero-order valence-corrected chi connectivity index (χ0v) is 10.5. The third kappa shape index (κ3) is 2.46. The molecular formula is C12H23NS. The van der Waals surface area contributed by atoms with Crippen LogP contribution in [0.15, 0.2) is 0 Å². The van der Waals surface area contributed by atoms with Crippen LogP contribution in [0.2, 0.25) is 0 Å². The number of nitrogens with one attached hydrogen (secondary N) is 1. The maximum Gasteiger partial charge on any atom is 0.00966 e. The molecule has 1 atom stereocenters. The Hall–Kier alpha value is 0.310. The summed E-state index contributed by atoms with van der Waals surface area (Å²) in [4.78, 5) is 0. The lowest BCUT2D eigenvalue weighted by Gasteiger charge is -2.25. The molecule has 1 saturated carbocycles. The molecule has 2 rings (SSSR count). The van der Waals surface area contributed by atoms with Crippen molar-refractivity contribution in [3.8, 4) is 0 Å². The molecule has 2 fully saturated rings. The Balaban J connectivity index is 1.75. The first kappa shape index (κ1) is 10.8. The van der Waals surface area contributed by atoms with E-state index in [0.717, 1.165) is 11.3 Å². The van der Waals surface area contributed by atoms with Crippen molar-refractivity contribution in [1.29, 1.82) is 0 Å². The Morgan fingerprint density at radius 3 is 2.50 bits per heavy atom. The van der Waals surface area contributed by atoms with E-state index in [0.29, 0.717) is 5.54 Å². The lowest BCUT2D eigenvalue weighted by atomic mass is 9.96. The van der Waals surface area contributed by atoms with Gasteiger partial charge in [-0.15, -0.1) is 0 Å². The van der Waals surface area contributed by atoms with E-state index in [4.69, 9.17) is 0 Å². The van der Waals surface area contributed by atoms with Crippen molar-refractivity contribution in [3.63, 3.8) is 0 Å².